The van der Waals surface area contributed by atoms with Crippen LogP contribution in [0.5, 0.6) is 0 Å². The molecule has 0 spiro atoms. The van der Waals surface area contributed by atoms with Crippen molar-refractivity contribution in [3.8, 4) is 0 Å². The first kappa shape index (κ1) is 12.5. The summed E-state index contributed by atoms with van der Waals surface area (Å²) in [5, 5.41) is 0. The van der Waals surface area contributed by atoms with Crippen LogP contribution in [-0.4, -0.2) is 18.1 Å². The highest BCUT2D eigenvalue weighted by Gasteiger charge is 2.19. The summed E-state index contributed by atoms with van der Waals surface area (Å²) in [5.74, 6) is 0.341. The quantitative estimate of drug-likeness (QED) is 0.694. The molecule has 0 aromatic carbocycles. The molecule has 0 saturated heterocycles. The van der Waals surface area contributed by atoms with Gasteiger partial charge in [-0.25, -0.2) is 5.48 Å². The van der Waals surface area contributed by atoms with Crippen LogP contribution in [0.2, 0.25) is 0 Å². The van der Waals surface area contributed by atoms with Gasteiger partial charge in [-0.05, 0) is 31.6 Å². The van der Waals surface area contributed by atoms with Crippen LogP contribution in [0.25, 0.3) is 0 Å². The topological polar surface area (TPSA) is 64.3 Å². The third-order valence-corrected chi connectivity index (χ3v) is 2.65. The van der Waals surface area contributed by atoms with Gasteiger partial charge in [0.15, 0.2) is 0 Å². The summed E-state index contributed by atoms with van der Waals surface area (Å²) in [6.07, 6.45) is 4.55. The third-order valence-electron chi connectivity index (χ3n) is 2.65. The largest absolute Gasteiger partial charge is 0.328 e. The maximum atomic E-state index is 11.3. The number of carbonyl (C=O) groups excluding carboxylic acids is 1. The van der Waals surface area contributed by atoms with Crippen molar-refractivity contribution in [2.75, 3.05) is 0 Å². The summed E-state index contributed by atoms with van der Waals surface area (Å²) in [6, 6.07) is 0.316. The van der Waals surface area contributed by atoms with Crippen molar-refractivity contribution in [3.05, 3.63) is 0 Å². The molecule has 0 aromatic rings. The lowest BCUT2D eigenvalue weighted by Gasteiger charge is -2.25. The van der Waals surface area contributed by atoms with Gasteiger partial charge in [0, 0.05) is 12.5 Å². The summed E-state index contributed by atoms with van der Waals surface area (Å²) in [4.78, 5) is 16.6. The first-order valence-corrected chi connectivity index (χ1v) is 5.78. The molecule has 0 unspecified atom stereocenters. The second kappa shape index (κ2) is 6.08. The molecule has 0 bridgehead atoms. The standard InChI is InChI=1S/C11H22N2O2/c1-8(2)7-11(14)13-15-10-5-3-9(12)4-6-10/h8-10H,3-7,12H2,1-2H3,(H,13,14). The van der Waals surface area contributed by atoms with Gasteiger partial charge in [0.05, 0.1) is 6.10 Å². The zero-order chi connectivity index (χ0) is 11.3. The van der Waals surface area contributed by atoms with Crippen LogP contribution in [-0.2, 0) is 9.63 Å². The Kier molecular flexibility index (Phi) is 5.05. The number of hydrogen-bond donors (Lipinski definition) is 2. The van der Waals surface area contributed by atoms with Gasteiger partial charge >= 0.3 is 0 Å². The average molecular weight is 214 g/mol. The van der Waals surface area contributed by atoms with Gasteiger partial charge in [-0.15, -0.1) is 0 Å². The minimum Gasteiger partial charge on any atom is -0.328 e. The Morgan fingerprint density at radius 2 is 2.00 bits per heavy atom. The molecule has 1 rings (SSSR count). The predicted octanol–water partition coefficient (Wildman–Crippen LogP) is 1.35. The van der Waals surface area contributed by atoms with E-state index in [1.807, 2.05) is 13.8 Å². The van der Waals surface area contributed by atoms with Gasteiger partial charge in [0.1, 0.15) is 0 Å². The zero-order valence-corrected chi connectivity index (χ0v) is 9.66. The van der Waals surface area contributed by atoms with Crippen LogP contribution in [0.1, 0.15) is 46.0 Å². The lowest BCUT2D eigenvalue weighted by molar-refractivity contribution is -0.140. The summed E-state index contributed by atoms with van der Waals surface area (Å²) < 4.78 is 0. The van der Waals surface area contributed by atoms with Crippen LogP contribution < -0.4 is 11.2 Å². The van der Waals surface area contributed by atoms with Gasteiger partial charge in [0.2, 0.25) is 5.91 Å². The van der Waals surface area contributed by atoms with E-state index in [-0.39, 0.29) is 12.0 Å². The number of nitrogens with one attached hydrogen (secondary N) is 1. The van der Waals surface area contributed by atoms with Crippen molar-refractivity contribution in [1.82, 2.24) is 5.48 Å². The maximum Gasteiger partial charge on any atom is 0.243 e. The Hall–Kier alpha value is -0.610. The molecule has 88 valence electrons. The van der Waals surface area contributed by atoms with Gasteiger partial charge < -0.3 is 5.73 Å². The Morgan fingerprint density at radius 3 is 2.53 bits per heavy atom. The normalized spacial score (nSPS) is 26.7. The molecule has 4 nitrogen and oxygen atoms in total. The molecule has 0 aliphatic heterocycles. The molecule has 0 radical (unpaired) electrons. The van der Waals surface area contributed by atoms with E-state index in [0.717, 1.165) is 25.7 Å². The molecule has 15 heavy (non-hydrogen) atoms. The molecule has 1 aliphatic carbocycles. The number of hydrogen-bond acceptors (Lipinski definition) is 3. The van der Waals surface area contributed by atoms with Crippen LogP contribution >= 0.6 is 0 Å². The lowest BCUT2D eigenvalue weighted by Crippen LogP contribution is -2.35. The molecular formula is C11H22N2O2. The predicted molar refractivity (Wildman–Crippen MR) is 58.9 cm³/mol. The first-order valence-electron chi connectivity index (χ1n) is 5.78. The average Bonchev–Trinajstić information content (AvgIpc) is 2.16. The van der Waals surface area contributed by atoms with Crippen molar-refractivity contribution in [2.45, 2.75) is 58.1 Å². The van der Waals surface area contributed by atoms with E-state index in [9.17, 15) is 4.79 Å². The van der Waals surface area contributed by atoms with Crippen LogP contribution in [0, 0.1) is 5.92 Å². The van der Waals surface area contributed by atoms with Gasteiger partial charge in [0.25, 0.3) is 0 Å². The third kappa shape index (κ3) is 5.14. The first-order chi connectivity index (χ1) is 7.08. The van der Waals surface area contributed by atoms with Crippen molar-refractivity contribution >= 4 is 5.91 Å². The second-order valence-corrected chi connectivity index (χ2v) is 4.78. The molecular weight excluding hydrogens is 192 g/mol. The molecule has 1 aliphatic rings. The number of hydroxylamine groups is 1. The molecule has 1 saturated carbocycles. The van der Waals surface area contributed by atoms with Crippen LogP contribution in [0.3, 0.4) is 0 Å². The number of nitrogens with two attached hydrogens (primary N) is 1. The number of amides is 1. The van der Waals surface area contributed by atoms with Crippen molar-refractivity contribution in [3.63, 3.8) is 0 Å². The molecule has 1 amide bonds. The molecule has 4 heteroatoms. The van der Waals surface area contributed by atoms with E-state index < -0.39 is 0 Å². The zero-order valence-electron chi connectivity index (χ0n) is 9.66. The highest BCUT2D eigenvalue weighted by atomic mass is 16.7. The van der Waals surface area contributed by atoms with E-state index in [4.69, 9.17) is 10.6 Å². The van der Waals surface area contributed by atoms with Crippen molar-refractivity contribution in [1.29, 1.82) is 0 Å². The van der Waals surface area contributed by atoms with Gasteiger partial charge in [-0.1, -0.05) is 13.8 Å². The van der Waals surface area contributed by atoms with E-state index in [2.05, 4.69) is 5.48 Å². The Labute approximate surface area is 91.5 Å². The van der Waals surface area contributed by atoms with Crippen molar-refractivity contribution < 1.29 is 9.63 Å². The van der Waals surface area contributed by atoms with Gasteiger partial charge in [-0.3, -0.25) is 9.63 Å². The molecule has 0 atom stereocenters. The fourth-order valence-electron chi connectivity index (χ4n) is 1.77. The number of rotatable bonds is 4. The van der Waals surface area contributed by atoms with Gasteiger partial charge in [-0.2, -0.15) is 0 Å². The summed E-state index contributed by atoms with van der Waals surface area (Å²) >= 11 is 0. The highest BCUT2D eigenvalue weighted by Crippen LogP contribution is 2.18. The lowest BCUT2D eigenvalue weighted by atomic mass is 9.94. The summed E-state index contributed by atoms with van der Waals surface area (Å²) in [5.41, 5.74) is 8.29. The Morgan fingerprint density at radius 1 is 1.40 bits per heavy atom. The Balaban J connectivity index is 2.12. The fraction of sp³-hybridized carbons (Fsp3) is 0.909. The fourth-order valence-corrected chi connectivity index (χ4v) is 1.77. The van der Waals surface area contributed by atoms with E-state index in [0.29, 0.717) is 18.4 Å². The number of carbonyl (C=O) groups is 1. The van der Waals surface area contributed by atoms with E-state index >= 15 is 0 Å². The summed E-state index contributed by atoms with van der Waals surface area (Å²) in [7, 11) is 0. The minimum atomic E-state index is -0.0279. The van der Waals surface area contributed by atoms with Crippen molar-refractivity contribution in [2.24, 2.45) is 11.7 Å². The van der Waals surface area contributed by atoms with E-state index in [1.54, 1.807) is 0 Å². The minimum absolute atomic E-state index is 0.0279. The highest BCUT2D eigenvalue weighted by molar-refractivity contribution is 5.74. The Bertz CT molecular complexity index is 199. The maximum absolute atomic E-state index is 11.3. The SMILES string of the molecule is CC(C)CC(=O)NOC1CCC(N)CC1. The molecule has 1 fully saturated rings. The second-order valence-electron chi connectivity index (χ2n) is 4.78. The van der Waals surface area contributed by atoms with E-state index in [1.165, 1.54) is 0 Å². The van der Waals surface area contributed by atoms with Crippen LogP contribution in [0.4, 0.5) is 0 Å². The summed E-state index contributed by atoms with van der Waals surface area (Å²) in [6.45, 7) is 4.03. The smallest absolute Gasteiger partial charge is 0.243 e. The molecule has 0 aromatic heterocycles. The molecule has 0 heterocycles. The monoisotopic (exact) mass is 214 g/mol. The molecule has 3 N–H and O–H groups in total. The van der Waals surface area contributed by atoms with Crippen LogP contribution in [0.15, 0.2) is 0 Å².